The fourth-order valence-electron chi connectivity index (χ4n) is 1.31. The molecule has 18 heavy (non-hydrogen) atoms. The highest BCUT2D eigenvalue weighted by Crippen LogP contribution is 2.20. The van der Waals surface area contributed by atoms with Gasteiger partial charge in [-0.25, -0.2) is 4.39 Å². The number of carbonyl (C=O) groups excluding carboxylic acids is 1. The highest BCUT2D eigenvalue weighted by molar-refractivity contribution is 5.92. The third-order valence-corrected chi connectivity index (χ3v) is 2.03. The van der Waals surface area contributed by atoms with Crippen LogP contribution in [-0.4, -0.2) is 16.9 Å². The number of nitrogens with one attached hydrogen (secondary N) is 1. The molecule has 0 fully saturated rings. The van der Waals surface area contributed by atoms with Crippen LogP contribution in [0.1, 0.15) is 19.4 Å². The van der Waals surface area contributed by atoms with Crippen molar-refractivity contribution in [3.8, 4) is 0 Å². The van der Waals surface area contributed by atoms with Crippen molar-refractivity contribution >= 4 is 17.7 Å². The summed E-state index contributed by atoms with van der Waals surface area (Å²) < 4.78 is 12.9. The lowest BCUT2D eigenvalue weighted by Gasteiger charge is -2.04. The lowest BCUT2D eigenvalue weighted by molar-refractivity contribution is -0.385. The van der Waals surface area contributed by atoms with E-state index in [0.717, 1.165) is 12.1 Å². The topological polar surface area (TPSA) is 72.2 Å². The van der Waals surface area contributed by atoms with Gasteiger partial charge >= 0.3 is 0 Å². The Hall–Kier alpha value is -2.24. The number of carbonyl (C=O) groups is 1. The third kappa shape index (κ3) is 3.97. The zero-order chi connectivity index (χ0) is 13.7. The number of nitrogens with zero attached hydrogens (tertiary/aromatic N) is 1. The normalized spacial score (nSPS) is 10.9. The second kappa shape index (κ2) is 5.90. The number of hydrogen-bond donors (Lipinski definition) is 1. The van der Waals surface area contributed by atoms with Gasteiger partial charge in [0, 0.05) is 12.1 Å². The average Bonchev–Trinajstić information content (AvgIpc) is 2.26. The number of nitro groups is 1. The van der Waals surface area contributed by atoms with Gasteiger partial charge in [0.1, 0.15) is 5.82 Å². The minimum absolute atomic E-state index is 0.0228. The average molecular weight is 252 g/mol. The number of rotatable bonds is 4. The van der Waals surface area contributed by atoms with E-state index in [-0.39, 0.29) is 23.2 Å². The van der Waals surface area contributed by atoms with E-state index in [2.05, 4.69) is 5.32 Å². The highest BCUT2D eigenvalue weighted by Gasteiger charge is 2.12. The van der Waals surface area contributed by atoms with Gasteiger partial charge < -0.3 is 5.32 Å². The smallest absolute Gasteiger partial charge is 0.279 e. The summed E-state index contributed by atoms with van der Waals surface area (Å²) in [5.74, 6) is -1.05. The van der Waals surface area contributed by atoms with Crippen LogP contribution < -0.4 is 5.32 Å². The van der Waals surface area contributed by atoms with Gasteiger partial charge in [0.2, 0.25) is 5.91 Å². The highest BCUT2D eigenvalue weighted by atomic mass is 19.1. The van der Waals surface area contributed by atoms with Crippen molar-refractivity contribution in [3.05, 3.63) is 45.8 Å². The van der Waals surface area contributed by atoms with E-state index in [0.29, 0.717) is 0 Å². The Balaban J connectivity index is 2.94. The maximum Gasteiger partial charge on any atom is 0.279 e. The molecule has 1 amide bonds. The van der Waals surface area contributed by atoms with Gasteiger partial charge in [0.25, 0.3) is 5.69 Å². The Morgan fingerprint density at radius 3 is 2.72 bits per heavy atom. The molecule has 96 valence electrons. The summed E-state index contributed by atoms with van der Waals surface area (Å²) in [5.41, 5.74) is -0.191. The second-order valence-corrected chi connectivity index (χ2v) is 3.96. The minimum Gasteiger partial charge on any atom is -0.350 e. The van der Waals surface area contributed by atoms with Crippen LogP contribution >= 0.6 is 0 Å². The van der Waals surface area contributed by atoms with Crippen LogP contribution in [0.5, 0.6) is 0 Å². The first kappa shape index (κ1) is 13.8. The van der Waals surface area contributed by atoms with E-state index in [1.54, 1.807) is 13.8 Å². The quantitative estimate of drug-likeness (QED) is 0.507. The first-order valence-electron chi connectivity index (χ1n) is 5.32. The number of amides is 1. The predicted molar refractivity (Wildman–Crippen MR) is 65.4 cm³/mol. The molecule has 1 rings (SSSR count). The molecule has 0 unspecified atom stereocenters. The largest absolute Gasteiger partial charge is 0.350 e. The van der Waals surface area contributed by atoms with E-state index >= 15 is 0 Å². The Bertz CT molecular complexity index is 498. The summed E-state index contributed by atoms with van der Waals surface area (Å²) in [6.45, 7) is 3.60. The van der Waals surface area contributed by atoms with Gasteiger partial charge in [0.15, 0.2) is 0 Å². The molecule has 0 saturated heterocycles. The fraction of sp³-hybridized carbons (Fsp3) is 0.250. The van der Waals surface area contributed by atoms with Crippen LogP contribution in [0.3, 0.4) is 0 Å². The van der Waals surface area contributed by atoms with Crippen LogP contribution in [0.2, 0.25) is 0 Å². The summed E-state index contributed by atoms with van der Waals surface area (Å²) in [6, 6.07) is 3.16. The van der Waals surface area contributed by atoms with Crippen LogP contribution in [0.15, 0.2) is 24.3 Å². The molecule has 0 aliphatic heterocycles. The Labute approximate surface area is 103 Å². The van der Waals surface area contributed by atoms with Crippen molar-refractivity contribution in [2.24, 2.45) is 0 Å². The van der Waals surface area contributed by atoms with Crippen molar-refractivity contribution in [1.82, 2.24) is 5.32 Å². The second-order valence-electron chi connectivity index (χ2n) is 3.96. The van der Waals surface area contributed by atoms with Crippen LogP contribution in [-0.2, 0) is 4.79 Å². The molecule has 0 spiro atoms. The molecule has 1 aromatic carbocycles. The molecular weight excluding hydrogens is 239 g/mol. The molecule has 0 aromatic heterocycles. The number of nitro benzene ring substituents is 1. The van der Waals surface area contributed by atoms with Crippen molar-refractivity contribution in [2.75, 3.05) is 0 Å². The van der Waals surface area contributed by atoms with Crippen LogP contribution in [0.4, 0.5) is 10.1 Å². The summed E-state index contributed by atoms with van der Waals surface area (Å²) in [7, 11) is 0. The molecule has 1 aromatic rings. The Morgan fingerprint density at radius 2 is 2.17 bits per heavy atom. The Kier molecular flexibility index (Phi) is 4.53. The summed E-state index contributed by atoms with van der Waals surface area (Å²) in [4.78, 5) is 21.3. The van der Waals surface area contributed by atoms with Gasteiger partial charge in [-0.05, 0) is 32.1 Å². The fourth-order valence-corrected chi connectivity index (χ4v) is 1.31. The molecular formula is C12H13FN2O3. The first-order valence-corrected chi connectivity index (χ1v) is 5.32. The molecule has 0 heterocycles. The van der Waals surface area contributed by atoms with Crippen LogP contribution in [0.25, 0.3) is 6.08 Å². The van der Waals surface area contributed by atoms with Crippen molar-refractivity contribution < 1.29 is 14.1 Å². The van der Waals surface area contributed by atoms with E-state index in [1.165, 1.54) is 18.2 Å². The van der Waals surface area contributed by atoms with Crippen molar-refractivity contribution in [3.63, 3.8) is 0 Å². The lowest BCUT2D eigenvalue weighted by Crippen LogP contribution is -2.28. The minimum atomic E-state index is -0.691. The first-order chi connectivity index (χ1) is 8.40. The van der Waals surface area contributed by atoms with Gasteiger partial charge in [-0.1, -0.05) is 0 Å². The molecule has 0 saturated carbocycles. The van der Waals surface area contributed by atoms with E-state index in [4.69, 9.17) is 0 Å². The Morgan fingerprint density at radius 1 is 1.50 bits per heavy atom. The van der Waals surface area contributed by atoms with E-state index in [9.17, 15) is 19.3 Å². The molecule has 5 nitrogen and oxygen atoms in total. The zero-order valence-electron chi connectivity index (χ0n) is 10.0. The monoisotopic (exact) mass is 252 g/mol. The lowest BCUT2D eigenvalue weighted by atomic mass is 10.1. The predicted octanol–water partition coefficient (Wildman–Crippen LogP) is 2.27. The maximum atomic E-state index is 12.9. The number of benzene rings is 1. The number of hydrogen-bond acceptors (Lipinski definition) is 3. The van der Waals surface area contributed by atoms with E-state index in [1.807, 2.05) is 0 Å². The summed E-state index contributed by atoms with van der Waals surface area (Å²) >= 11 is 0. The molecule has 6 heteroatoms. The zero-order valence-corrected chi connectivity index (χ0v) is 10.0. The van der Waals surface area contributed by atoms with Crippen molar-refractivity contribution in [2.45, 2.75) is 19.9 Å². The van der Waals surface area contributed by atoms with Gasteiger partial charge in [-0.2, -0.15) is 0 Å². The van der Waals surface area contributed by atoms with Gasteiger partial charge in [-0.15, -0.1) is 0 Å². The maximum absolute atomic E-state index is 12.9. The van der Waals surface area contributed by atoms with Gasteiger partial charge in [-0.3, -0.25) is 14.9 Å². The summed E-state index contributed by atoms with van der Waals surface area (Å²) in [6.07, 6.45) is 2.47. The SMILES string of the molecule is CC(C)NC(=O)C=Cc1ccc(F)cc1[N+](=O)[O-]. The van der Waals surface area contributed by atoms with E-state index < -0.39 is 10.7 Å². The third-order valence-electron chi connectivity index (χ3n) is 2.03. The molecule has 0 aliphatic carbocycles. The molecule has 0 radical (unpaired) electrons. The molecule has 0 bridgehead atoms. The molecule has 1 N–H and O–H groups in total. The molecule has 0 atom stereocenters. The van der Waals surface area contributed by atoms with Crippen LogP contribution in [0, 0.1) is 15.9 Å². The standard InChI is InChI=1S/C12H13FN2O3/c1-8(2)14-12(16)6-4-9-3-5-10(13)7-11(9)15(17)18/h3-8H,1-2H3,(H,14,16). The molecule has 0 aliphatic rings. The number of halogens is 1. The van der Waals surface area contributed by atoms with Crippen molar-refractivity contribution in [1.29, 1.82) is 0 Å². The van der Waals surface area contributed by atoms with Gasteiger partial charge in [0.05, 0.1) is 16.6 Å². The summed E-state index contributed by atoms with van der Waals surface area (Å²) in [5, 5.41) is 13.3.